The zero-order valence-electron chi connectivity index (χ0n) is 13.3. The number of aliphatic imine (C=N–C) groups is 1. The molecule has 3 aromatic rings. The zero-order chi connectivity index (χ0) is 18.1. The number of carbonyl (C=O) groups excluding carboxylic acids is 1. The van der Waals surface area contributed by atoms with Crippen LogP contribution in [-0.2, 0) is 4.79 Å². The van der Waals surface area contributed by atoms with Crippen molar-refractivity contribution in [3.8, 4) is 11.3 Å². The van der Waals surface area contributed by atoms with Crippen LogP contribution in [-0.4, -0.2) is 11.1 Å². The summed E-state index contributed by atoms with van der Waals surface area (Å²) in [7, 11) is 0. The Morgan fingerprint density at radius 3 is 2.58 bits per heavy atom. The van der Waals surface area contributed by atoms with Crippen molar-refractivity contribution in [3.63, 3.8) is 0 Å². The number of nitrogens with one attached hydrogen (secondary N) is 1. The third kappa shape index (κ3) is 3.51. The third-order valence-electron chi connectivity index (χ3n) is 3.77. The number of rotatable bonds is 3. The molecule has 0 radical (unpaired) electrons. The van der Waals surface area contributed by atoms with Crippen molar-refractivity contribution in [2.45, 2.75) is 5.25 Å². The maximum absolute atomic E-state index is 12.3. The molecule has 0 bridgehead atoms. The van der Waals surface area contributed by atoms with E-state index in [-0.39, 0.29) is 5.91 Å². The normalized spacial score (nSPS) is 18.3. The van der Waals surface area contributed by atoms with Gasteiger partial charge in [-0.05, 0) is 42.5 Å². The number of carbonyl (C=O) groups is 1. The Balaban J connectivity index is 1.57. The fourth-order valence-electron chi connectivity index (χ4n) is 2.53. The third-order valence-corrected chi connectivity index (χ3v) is 5.61. The van der Waals surface area contributed by atoms with Gasteiger partial charge in [0.25, 0.3) is 0 Å². The Kier molecular flexibility index (Phi) is 4.76. The summed E-state index contributed by atoms with van der Waals surface area (Å²) in [4.78, 5) is 16.8. The van der Waals surface area contributed by atoms with Crippen molar-refractivity contribution in [1.29, 1.82) is 0 Å². The number of halogens is 2. The topological polar surface area (TPSA) is 54.6 Å². The van der Waals surface area contributed by atoms with Gasteiger partial charge < -0.3 is 9.73 Å². The first-order chi connectivity index (χ1) is 12.6. The van der Waals surface area contributed by atoms with Crippen molar-refractivity contribution in [1.82, 2.24) is 5.32 Å². The number of amidine groups is 1. The fourth-order valence-corrected chi connectivity index (χ4v) is 3.77. The van der Waals surface area contributed by atoms with E-state index < -0.39 is 5.25 Å². The molecule has 0 spiro atoms. The highest BCUT2D eigenvalue weighted by molar-refractivity contribution is 8.15. The van der Waals surface area contributed by atoms with Crippen LogP contribution < -0.4 is 5.32 Å². The lowest BCUT2D eigenvalue weighted by Gasteiger charge is -2.02. The summed E-state index contributed by atoms with van der Waals surface area (Å²) in [5, 5.41) is 3.80. The van der Waals surface area contributed by atoms with Crippen molar-refractivity contribution >= 4 is 51.7 Å². The van der Waals surface area contributed by atoms with Crippen LogP contribution in [0.2, 0.25) is 10.0 Å². The number of hydrogen-bond acceptors (Lipinski definition) is 4. The predicted molar refractivity (Wildman–Crippen MR) is 106 cm³/mol. The summed E-state index contributed by atoms with van der Waals surface area (Å²) in [6.45, 7) is 0. The van der Waals surface area contributed by atoms with Gasteiger partial charge in [-0.15, -0.1) is 0 Å². The molecular weight excluding hydrogens is 391 g/mol. The molecule has 0 aliphatic carbocycles. The van der Waals surface area contributed by atoms with Crippen LogP contribution in [0.25, 0.3) is 11.3 Å². The molecule has 1 saturated heterocycles. The van der Waals surface area contributed by atoms with E-state index >= 15 is 0 Å². The molecule has 1 aromatic heterocycles. The number of benzene rings is 2. The van der Waals surface area contributed by atoms with E-state index in [9.17, 15) is 4.79 Å². The Hall–Kier alpha value is -2.21. The van der Waals surface area contributed by atoms with Crippen LogP contribution in [0.5, 0.6) is 0 Å². The Bertz CT molecular complexity index is 1000. The first-order valence-electron chi connectivity index (χ1n) is 7.76. The quantitative estimate of drug-likeness (QED) is 0.597. The van der Waals surface area contributed by atoms with Crippen molar-refractivity contribution in [3.05, 3.63) is 76.5 Å². The molecule has 1 aliphatic rings. The predicted octanol–water partition coefficient (Wildman–Crippen LogP) is 5.85. The summed E-state index contributed by atoms with van der Waals surface area (Å²) >= 11 is 13.3. The average molecular weight is 403 g/mol. The van der Waals surface area contributed by atoms with Gasteiger partial charge >= 0.3 is 0 Å². The van der Waals surface area contributed by atoms with Gasteiger partial charge in [0.05, 0.1) is 15.7 Å². The highest BCUT2D eigenvalue weighted by Gasteiger charge is 2.34. The molecule has 4 nitrogen and oxygen atoms in total. The smallest absolute Gasteiger partial charge is 0.247 e. The van der Waals surface area contributed by atoms with E-state index in [0.717, 1.165) is 11.3 Å². The lowest BCUT2D eigenvalue weighted by molar-refractivity contribution is -0.119. The first kappa shape index (κ1) is 17.2. The maximum atomic E-state index is 12.3. The highest BCUT2D eigenvalue weighted by atomic mass is 35.5. The number of hydrogen-bond donors (Lipinski definition) is 1. The summed E-state index contributed by atoms with van der Waals surface area (Å²) in [6, 6.07) is 18.3. The number of amides is 1. The monoisotopic (exact) mass is 402 g/mol. The van der Waals surface area contributed by atoms with Gasteiger partial charge in [-0.1, -0.05) is 53.2 Å². The molecular formula is C19H12Cl2N2O2S. The molecule has 4 rings (SSSR count). The van der Waals surface area contributed by atoms with Gasteiger partial charge in [-0.25, -0.2) is 4.99 Å². The second-order valence-corrected chi connectivity index (χ2v) is 7.48. The molecule has 130 valence electrons. The van der Waals surface area contributed by atoms with Crippen LogP contribution in [0.1, 0.15) is 11.0 Å². The van der Waals surface area contributed by atoms with Crippen molar-refractivity contribution < 1.29 is 9.21 Å². The molecule has 7 heteroatoms. The standard InChI is InChI=1S/C19H12Cl2N2O2S/c20-13-7-6-11(10-14(13)21)15-8-9-16(25-15)17-18(24)23-19(26-17)22-12-4-2-1-3-5-12/h1-10,17H,(H,22,23,24)/t17-/m1/s1. The molecule has 1 fully saturated rings. The van der Waals surface area contributed by atoms with Gasteiger partial charge in [0.2, 0.25) is 5.91 Å². The van der Waals surface area contributed by atoms with Gasteiger partial charge in [0, 0.05) is 5.56 Å². The summed E-state index contributed by atoms with van der Waals surface area (Å²) in [5.41, 5.74) is 1.58. The minimum Gasteiger partial charge on any atom is -0.459 e. The molecule has 0 saturated carbocycles. The first-order valence-corrected chi connectivity index (χ1v) is 9.40. The van der Waals surface area contributed by atoms with Crippen LogP contribution in [0, 0.1) is 0 Å². The lowest BCUT2D eigenvalue weighted by Crippen LogP contribution is -2.21. The second kappa shape index (κ2) is 7.19. The van der Waals surface area contributed by atoms with Gasteiger partial charge in [-0.3, -0.25) is 4.79 Å². The van der Waals surface area contributed by atoms with E-state index in [4.69, 9.17) is 27.6 Å². The molecule has 1 atom stereocenters. The van der Waals surface area contributed by atoms with Crippen molar-refractivity contribution in [2.24, 2.45) is 4.99 Å². The van der Waals surface area contributed by atoms with E-state index in [1.54, 1.807) is 18.2 Å². The molecule has 1 aliphatic heterocycles. The van der Waals surface area contributed by atoms with E-state index in [0.29, 0.717) is 26.7 Å². The number of furan rings is 1. The second-order valence-electron chi connectivity index (χ2n) is 5.57. The molecule has 1 N–H and O–H groups in total. The largest absolute Gasteiger partial charge is 0.459 e. The summed E-state index contributed by atoms with van der Waals surface area (Å²) in [5.74, 6) is 1.03. The number of nitrogens with zero attached hydrogens (tertiary/aromatic N) is 1. The maximum Gasteiger partial charge on any atom is 0.247 e. The van der Waals surface area contributed by atoms with Crippen molar-refractivity contribution in [2.75, 3.05) is 0 Å². The highest BCUT2D eigenvalue weighted by Crippen LogP contribution is 2.38. The van der Waals surface area contributed by atoms with Crippen LogP contribution >= 0.6 is 35.0 Å². The minimum atomic E-state index is -0.478. The Morgan fingerprint density at radius 1 is 1.00 bits per heavy atom. The molecule has 1 amide bonds. The van der Waals surface area contributed by atoms with Crippen LogP contribution in [0.15, 0.2) is 70.1 Å². The van der Waals surface area contributed by atoms with E-state index in [1.165, 1.54) is 11.8 Å². The summed E-state index contributed by atoms with van der Waals surface area (Å²) < 4.78 is 5.88. The van der Waals surface area contributed by atoms with Crippen LogP contribution in [0.4, 0.5) is 5.69 Å². The number of thioether (sulfide) groups is 1. The van der Waals surface area contributed by atoms with Gasteiger partial charge in [-0.2, -0.15) is 0 Å². The van der Waals surface area contributed by atoms with Gasteiger partial charge in [0.1, 0.15) is 16.8 Å². The van der Waals surface area contributed by atoms with Gasteiger partial charge in [0.15, 0.2) is 5.17 Å². The molecule has 2 aromatic carbocycles. The fraction of sp³-hybridized carbons (Fsp3) is 0.0526. The van der Waals surface area contributed by atoms with E-state index in [1.807, 2.05) is 42.5 Å². The number of para-hydroxylation sites is 1. The molecule has 0 unspecified atom stereocenters. The molecule has 2 heterocycles. The average Bonchev–Trinajstić information content (AvgIpc) is 3.25. The Morgan fingerprint density at radius 2 is 1.81 bits per heavy atom. The van der Waals surface area contributed by atoms with E-state index in [2.05, 4.69) is 10.3 Å². The Labute approximate surface area is 164 Å². The zero-order valence-corrected chi connectivity index (χ0v) is 15.6. The lowest BCUT2D eigenvalue weighted by atomic mass is 10.2. The summed E-state index contributed by atoms with van der Waals surface area (Å²) in [6.07, 6.45) is 0. The van der Waals surface area contributed by atoms with Crippen LogP contribution in [0.3, 0.4) is 0 Å². The SMILES string of the molecule is O=C1NC(=Nc2ccccc2)S[C@@H]1c1ccc(-c2ccc(Cl)c(Cl)c2)o1. The molecule has 26 heavy (non-hydrogen) atoms. The minimum absolute atomic E-state index is 0.153.